The lowest BCUT2D eigenvalue weighted by molar-refractivity contribution is -0.132. The lowest BCUT2D eigenvalue weighted by Crippen LogP contribution is -2.46. The lowest BCUT2D eigenvalue weighted by atomic mass is 9.93. The number of urea groups is 1. The van der Waals surface area contributed by atoms with Crippen LogP contribution in [0.25, 0.3) is 0 Å². The SMILES string of the molecule is CCC1(CC)NC(=O)N(CC(O)COc2ccc(Br)cc2)C1=O. The molecule has 23 heavy (non-hydrogen) atoms. The minimum Gasteiger partial charge on any atom is -0.491 e. The number of rotatable bonds is 7. The molecule has 1 atom stereocenters. The van der Waals surface area contributed by atoms with Crippen LogP contribution in [0.2, 0.25) is 0 Å². The fourth-order valence-corrected chi connectivity index (χ4v) is 2.82. The van der Waals surface area contributed by atoms with Gasteiger partial charge in [-0.25, -0.2) is 4.79 Å². The van der Waals surface area contributed by atoms with E-state index in [9.17, 15) is 14.7 Å². The number of halogens is 1. The van der Waals surface area contributed by atoms with Crippen LogP contribution in [-0.2, 0) is 4.79 Å². The van der Waals surface area contributed by atoms with Crippen LogP contribution in [0, 0.1) is 0 Å². The van der Waals surface area contributed by atoms with Gasteiger partial charge >= 0.3 is 6.03 Å². The van der Waals surface area contributed by atoms with Crippen molar-refractivity contribution < 1.29 is 19.4 Å². The van der Waals surface area contributed by atoms with E-state index in [0.717, 1.165) is 9.37 Å². The molecule has 1 aliphatic heterocycles. The van der Waals surface area contributed by atoms with Gasteiger partial charge in [-0.15, -0.1) is 0 Å². The van der Waals surface area contributed by atoms with Gasteiger partial charge in [-0.2, -0.15) is 0 Å². The Bertz CT molecular complexity index is 572. The Morgan fingerprint density at radius 3 is 2.39 bits per heavy atom. The molecule has 0 spiro atoms. The van der Waals surface area contributed by atoms with E-state index < -0.39 is 17.7 Å². The third-order valence-corrected chi connectivity index (χ3v) is 4.63. The molecular formula is C16H21BrN2O4. The van der Waals surface area contributed by atoms with Crippen molar-refractivity contribution in [2.45, 2.75) is 38.3 Å². The van der Waals surface area contributed by atoms with Gasteiger partial charge in [0.25, 0.3) is 5.91 Å². The fourth-order valence-electron chi connectivity index (χ4n) is 2.56. The predicted molar refractivity (Wildman–Crippen MR) is 89.2 cm³/mol. The van der Waals surface area contributed by atoms with Crippen molar-refractivity contribution in [3.8, 4) is 5.75 Å². The molecular weight excluding hydrogens is 364 g/mol. The minimum atomic E-state index is -0.946. The van der Waals surface area contributed by atoms with E-state index in [-0.39, 0.29) is 19.1 Å². The van der Waals surface area contributed by atoms with Gasteiger partial charge in [0.1, 0.15) is 24.0 Å². The number of aliphatic hydroxyl groups is 1. The van der Waals surface area contributed by atoms with Crippen LogP contribution in [0.3, 0.4) is 0 Å². The first-order chi connectivity index (χ1) is 10.9. The topological polar surface area (TPSA) is 78.9 Å². The van der Waals surface area contributed by atoms with Crippen LogP contribution < -0.4 is 10.1 Å². The van der Waals surface area contributed by atoms with Gasteiger partial charge in [0.15, 0.2) is 0 Å². The molecule has 0 bridgehead atoms. The molecule has 7 heteroatoms. The van der Waals surface area contributed by atoms with Gasteiger partial charge in [0.2, 0.25) is 0 Å². The highest BCUT2D eigenvalue weighted by Crippen LogP contribution is 2.25. The first-order valence-corrected chi connectivity index (χ1v) is 8.41. The van der Waals surface area contributed by atoms with Crippen molar-refractivity contribution in [2.75, 3.05) is 13.2 Å². The molecule has 0 aromatic heterocycles. The summed E-state index contributed by atoms with van der Waals surface area (Å²) < 4.78 is 6.40. The van der Waals surface area contributed by atoms with E-state index in [4.69, 9.17) is 4.74 Å². The monoisotopic (exact) mass is 384 g/mol. The number of hydrogen-bond donors (Lipinski definition) is 2. The third kappa shape index (κ3) is 3.84. The summed E-state index contributed by atoms with van der Waals surface area (Å²) >= 11 is 3.33. The average Bonchev–Trinajstić information content (AvgIpc) is 2.79. The maximum Gasteiger partial charge on any atom is 0.325 e. The van der Waals surface area contributed by atoms with E-state index in [1.807, 2.05) is 26.0 Å². The van der Waals surface area contributed by atoms with Crippen LogP contribution in [0.5, 0.6) is 5.75 Å². The number of aliphatic hydroxyl groups excluding tert-OH is 1. The molecule has 1 aliphatic rings. The van der Waals surface area contributed by atoms with E-state index in [1.165, 1.54) is 0 Å². The van der Waals surface area contributed by atoms with Gasteiger partial charge < -0.3 is 15.2 Å². The Hall–Kier alpha value is -1.60. The van der Waals surface area contributed by atoms with Crippen molar-refractivity contribution in [3.63, 3.8) is 0 Å². The summed E-state index contributed by atoms with van der Waals surface area (Å²) in [6, 6.07) is 6.74. The normalized spacial score (nSPS) is 18.0. The van der Waals surface area contributed by atoms with Crippen LogP contribution in [0.4, 0.5) is 4.79 Å². The van der Waals surface area contributed by atoms with Crippen LogP contribution in [-0.4, -0.2) is 46.7 Å². The highest BCUT2D eigenvalue weighted by Gasteiger charge is 2.48. The number of nitrogens with one attached hydrogen (secondary N) is 1. The number of carbonyl (C=O) groups excluding carboxylic acids is 2. The molecule has 0 aliphatic carbocycles. The molecule has 126 valence electrons. The Labute approximate surface area is 143 Å². The molecule has 3 amide bonds. The largest absolute Gasteiger partial charge is 0.491 e. The molecule has 1 saturated heterocycles. The van der Waals surface area contributed by atoms with Crippen molar-refractivity contribution in [1.29, 1.82) is 0 Å². The molecule has 2 rings (SSSR count). The number of imide groups is 1. The molecule has 1 heterocycles. The Kier molecular flexibility index (Phi) is 5.64. The Balaban J connectivity index is 1.92. The number of amides is 3. The maximum absolute atomic E-state index is 12.4. The second-order valence-corrected chi connectivity index (χ2v) is 6.47. The zero-order valence-corrected chi connectivity index (χ0v) is 14.8. The highest BCUT2D eigenvalue weighted by atomic mass is 79.9. The molecule has 0 saturated carbocycles. The van der Waals surface area contributed by atoms with Gasteiger partial charge in [-0.05, 0) is 37.1 Å². The second-order valence-electron chi connectivity index (χ2n) is 5.55. The first-order valence-electron chi connectivity index (χ1n) is 7.62. The standard InChI is InChI=1S/C16H21BrN2O4/c1-3-16(4-2)14(21)19(15(22)18-16)9-12(20)10-23-13-7-5-11(17)6-8-13/h5-8,12,20H,3-4,9-10H2,1-2H3,(H,18,22). The summed E-state index contributed by atoms with van der Waals surface area (Å²) in [6.07, 6.45) is 0.101. The number of hydrogen-bond acceptors (Lipinski definition) is 4. The fraction of sp³-hybridized carbons (Fsp3) is 0.500. The second kappa shape index (κ2) is 7.31. The Morgan fingerprint density at radius 1 is 1.26 bits per heavy atom. The summed E-state index contributed by atoms with van der Waals surface area (Å²) in [5.74, 6) is 0.330. The quantitative estimate of drug-likeness (QED) is 0.706. The van der Waals surface area contributed by atoms with Crippen LogP contribution in [0.15, 0.2) is 28.7 Å². The van der Waals surface area contributed by atoms with Crippen LogP contribution >= 0.6 is 15.9 Å². The lowest BCUT2D eigenvalue weighted by Gasteiger charge is -2.23. The summed E-state index contributed by atoms with van der Waals surface area (Å²) in [5, 5.41) is 12.8. The molecule has 2 N–H and O–H groups in total. The first kappa shape index (κ1) is 17.7. The summed E-state index contributed by atoms with van der Waals surface area (Å²) in [7, 11) is 0. The van der Waals surface area contributed by atoms with Crippen molar-refractivity contribution >= 4 is 27.9 Å². The number of ether oxygens (including phenoxy) is 1. The number of benzene rings is 1. The van der Waals surface area contributed by atoms with Gasteiger partial charge in [-0.3, -0.25) is 9.69 Å². The molecule has 1 aromatic carbocycles. The van der Waals surface area contributed by atoms with Crippen molar-refractivity contribution in [2.24, 2.45) is 0 Å². The van der Waals surface area contributed by atoms with E-state index in [0.29, 0.717) is 18.6 Å². The van der Waals surface area contributed by atoms with Crippen LogP contribution in [0.1, 0.15) is 26.7 Å². The zero-order chi connectivity index (χ0) is 17.0. The molecule has 1 aromatic rings. The van der Waals surface area contributed by atoms with E-state index >= 15 is 0 Å². The minimum absolute atomic E-state index is 0.00391. The number of β-amino-alcohol motifs (C(OH)–C–C–N with tert-alkyl or cyclic N) is 1. The average molecular weight is 385 g/mol. The summed E-state index contributed by atoms with van der Waals surface area (Å²) in [4.78, 5) is 25.5. The molecule has 6 nitrogen and oxygen atoms in total. The number of nitrogens with zero attached hydrogens (tertiary/aromatic N) is 1. The van der Waals surface area contributed by atoms with E-state index in [2.05, 4.69) is 21.2 Å². The molecule has 1 fully saturated rings. The molecule has 0 radical (unpaired) electrons. The third-order valence-electron chi connectivity index (χ3n) is 4.10. The Morgan fingerprint density at radius 2 is 1.87 bits per heavy atom. The zero-order valence-electron chi connectivity index (χ0n) is 13.2. The predicted octanol–water partition coefficient (Wildman–Crippen LogP) is 2.30. The van der Waals surface area contributed by atoms with Gasteiger partial charge in [0, 0.05) is 4.47 Å². The van der Waals surface area contributed by atoms with Crippen molar-refractivity contribution in [1.82, 2.24) is 10.2 Å². The van der Waals surface area contributed by atoms with E-state index in [1.54, 1.807) is 12.1 Å². The van der Waals surface area contributed by atoms with Gasteiger partial charge in [-0.1, -0.05) is 29.8 Å². The van der Waals surface area contributed by atoms with Gasteiger partial charge in [0.05, 0.1) is 6.54 Å². The smallest absolute Gasteiger partial charge is 0.325 e. The van der Waals surface area contributed by atoms with Crippen molar-refractivity contribution in [3.05, 3.63) is 28.7 Å². The number of carbonyl (C=O) groups is 2. The maximum atomic E-state index is 12.4. The summed E-state index contributed by atoms with van der Waals surface area (Å²) in [5.41, 5.74) is -0.844. The molecule has 1 unspecified atom stereocenters. The highest BCUT2D eigenvalue weighted by molar-refractivity contribution is 9.10. The summed E-state index contributed by atoms with van der Waals surface area (Å²) in [6.45, 7) is 3.64.